The van der Waals surface area contributed by atoms with E-state index in [2.05, 4.69) is 20.6 Å². The van der Waals surface area contributed by atoms with Gasteiger partial charge in [0.25, 0.3) is 11.5 Å². The van der Waals surface area contributed by atoms with Crippen LogP contribution in [0.15, 0.2) is 10.9 Å². The summed E-state index contributed by atoms with van der Waals surface area (Å²) in [6, 6.07) is 1.83. The number of morpholine rings is 1. The van der Waals surface area contributed by atoms with Gasteiger partial charge in [-0.15, -0.1) is 5.10 Å². The number of hydrogen-bond donors (Lipinski definition) is 3. The van der Waals surface area contributed by atoms with Crippen LogP contribution in [0, 0.1) is 5.41 Å². The highest BCUT2D eigenvalue weighted by Crippen LogP contribution is 2.24. The van der Waals surface area contributed by atoms with E-state index in [0.29, 0.717) is 24.6 Å². The van der Waals surface area contributed by atoms with E-state index in [-0.39, 0.29) is 17.0 Å². The molecule has 2 fully saturated rings. The van der Waals surface area contributed by atoms with E-state index in [0.717, 1.165) is 52.1 Å². The van der Waals surface area contributed by atoms with Crippen molar-refractivity contribution in [2.75, 3.05) is 44.7 Å². The average Bonchev–Trinajstić information content (AvgIpc) is 3.44. The van der Waals surface area contributed by atoms with Gasteiger partial charge in [0.15, 0.2) is 11.4 Å². The first kappa shape index (κ1) is 22.6. The predicted octanol–water partition coefficient (Wildman–Crippen LogP) is 1.27. The molecule has 10 heteroatoms. The molecule has 176 valence electrons. The molecule has 0 aromatic carbocycles. The second kappa shape index (κ2) is 9.11. The van der Waals surface area contributed by atoms with E-state index in [1.165, 1.54) is 9.08 Å². The third-order valence-corrected chi connectivity index (χ3v) is 5.68. The van der Waals surface area contributed by atoms with E-state index in [1.807, 2.05) is 20.8 Å². The van der Waals surface area contributed by atoms with Crippen molar-refractivity contribution in [3.63, 3.8) is 0 Å². The van der Waals surface area contributed by atoms with Gasteiger partial charge in [-0.25, -0.2) is 0 Å². The molecule has 0 spiro atoms. The minimum absolute atomic E-state index is 0.0781. The Balaban J connectivity index is 1.57. The summed E-state index contributed by atoms with van der Waals surface area (Å²) in [6.07, 6.45) is 2.72. The molecule has 2 aliphatic rings. The average molecular weight is 447 g/mol. The Morgan fingerprint density at radius 1 is 1.28 bits per heavy atom. The van der Waals surface area contributed by atoms with Gasteiger partial charge in [0, 0.05) is 38.3 Å². The first-order valence-electron chi connectivity index (χ1n) is 11.4. The molecule has 3 heterocycles. The maximum Gasteiger partial charge on any atom is 0.270 e. The lowest BCUT2D eigenvalue weighted by Crippen LogP contribution is -2.37. The largest absolute Gasteiger partial charge is 0.492 e. The van der Waals surface area contributed by atoms with Crippen LogP contribution in [0.1, 0.15) is 50.4 Å². The molecule has 1 amide bonds. The molecule has 3 N–H and O–H groups in total. The molecule has 0 radical (unpaired) electrons. The quantitative estimate of drug-likeness (QED) is 0.524. The van der Waals surface area contributed by atoms with E-state index < -0.39 is 17.3 Å². The summed E-state index contributed by atoms with van der Waals surface area (Å²) in [5.41, 5.74) is -0.500. The van der Waals surface area contributed by atoms with Gasteiger partial charge in [0.1, 0.15) is 5.65 Å². The third kappa shape index (κ3) is 5.24. The highest BCUT2D eigenvalue weighted by Gasteiger charge is 2.30. The van der Waals surface area contributed by atoms with Crippen molar-refractivity contribution in [1.82, 2.24) is 24.4 Å². The number of amides is 1. The molecule has 0 atom stereocenters. The minimum Gasteiger partial charge on any atom is -0.492 e. The fourth-order valence-corrected chi connectivity index (χ4v) is 3.90. The number of fused-ring (bicyclic) bond motifs is 1. The van der Waals surface area contributed by atoms with E-state index >= 15 is 0 Å². The lowest BCUT2D eigenvalue weighted by Gasteiger charge is -2.26. The van der Waals surface area contributed by atoms with Crippen molar-refractivity contribution in [2.45, 2.75) is 52.6 Å². The molecule has 0 unspecified atom stereocenters. The monoisotopic (exact) mass is 446 g/mol. The zero-order valence-electron chi connectivity index (χ0n) is 19.2. The number of rotatable bonds is 8. The number of carbonyl (C=O) groups excluding carboxylic acids is 1. The van der Waals surface area contributed by atoms with Gasteiger partial charge < -0.3 is 20.5 Å². The highest BCUT2D eigenvalue weighted by atomic mass is 16.5. The first-order chi connectivity index (χ1) is 15.2. The van der Waals surface area contributed by atoms with Crippen LogP contribution in [0.25, 0.3) is 5.65 Å². The first-order valence-corrected chi connectivity index (χ1v) is 11.4. The molecular weight excluding hydrogens is 412 g/mol. The molecule has 0 bridgehead atoms. The summed E-state index contributed by atoms with van der Waals surface area (Å²) < 4.78 is 8.20. The number of anilines is 1. The normalized spacial score (nSPS) is 17.6. The molecule has 1 aliphatic heterocycles. The zero-order chi connectivity index (χ0) is 22.9. The van der Waals surface area contributed by atoms with Crippen molar-refractivity contribution in [3.05, 3.63) is 22.0 Å². The minimum atomic E-state index is -0.546. The Bertz CT molecular complexity index is 1030. The summed E-state index contributed by atoms with van der Waals surface area (Å²) >= 11 is 0. The fraction of sp³-hybridized carbons (Fsp3) is 0.682. The fourth-order valence-electron chi connectivity index (χ4n) is 3.90. The Morgan fingerprint density at radius 2 is 2.00 bits per heavy atom. The summed E-state index contributed by atoms with van der Waals surface area (Å²) in [5, 5.41) is 21.3. The van der Waals surface area contributed by atoms with Gasteiger partial charge in [0.2, 0.25) is 5.88 Å². The maximum atomic E-state index is 13.2. The molecule has 10 nitrogen and oxygen atoms in total. The van der Waals surface area contributed by atoms with Crippen LogP contribution in [0.5, 0.6) is 5.88 Å². The van der Waals surface area contributed by atoms with Crippen LogP contribution in [-0.2, 0) is 11.3 Å². The van der Waals surface area contributed by atoms with Crippen molar-refractivity contribution in [3.8, 4) is 5.88 Å². The Hall–Kier alpha value is -2.59. The number of nitrogens with zero attached hydrogens (tertiary/aromatic N) is 4. The summed E-state index contributed by atoms with van der Waals surface area (Å²) in [4.78, 5) is 28.3. The molecular formula is C22H34N6O4. The Kier molecular flexibility index (Phi) is 6.43. The summed E-state index contributed by atoms with van der Waals surface area (Å²) in [5.74, 6) is -0.408. The number of ether oxygens (including phenoxy) is 1. The van der Waals surface area contributed by atoms with Gasteiger partial charge >= 0.3 is 0 Å². The van der Waals surface area contributed by atoms with Gasteiger partial charge in [-0.1, -0.05) is 20.8 Å². The maximum absolute atomic E-state index is 13.2. The van der Waals surface area contributed by atoms with Crippen molar-refractivity contribution < 1.29 is 14.6 Å². The molecule has 1 aliphatic carbocycles. The van der Waals surface area contributed by atoms with Crippen LogP contribution in [-0.4, -0.2) is 75.5 Å². The number of hydrogen-bond acceptors (Lipinski definition) is 7. The summed E-state index contributed by atoms with van der Waals surface area (Å²) in [7, 11) is 0. The van der Waals surface area contributed by atoms with E-state index in [9.17, 15) is 14.7 Å². The van der Waals surface area contributed by atoms with Gasteiger partial charge in [-0.3, -0.25) is 19.1 Å². The molecule has 4 rings (SSSR count). The van der Waals surface area contributed by atoms with Crippen molar-refractivity contribution in [1.29, 1.82) is 0 Å². The number of aromatic nitrogens is 3. The molecule has 1 saturated heterocycles. The molecule has 2 aromatic heterocycles. The molecule has 2 aromatic rings. The lowest BCUT2D eigenvalue weighted by atomic mass is 9.97. The second-order valence-electron chi connectivity index (χ2n) is 9.93. The van der Waals surface area contributed by atoms with E-state index in [1.54, 1.807) is 6.07 Å². The SMILES string of the molecule is CC(C)(C)Cn1c(=O)c(C(=O)NC2CC2)c(O)n2nc(NCCCN3CCOCC3)cc12. The number of aromatic hydroxyl groups is 1. The van der Waals surface area contributed by atoms with Crippen molar-refractivity contribution >= 4 is 17.4 Å². The van der Waals surface area contributed by atoms with Crippen LogP contribution >= 0.6 is 0 Å². The smallest absolute Gasteiger partial charge is 0.270 e. The predicted molar refractivity (Wildman–Crippen MR) is 121 cm³/mol. The van der Waals surface area contributed by atoms with Crippen LogP contribution < -0.4 is 16.2 Å². The zero-order valence-corrected chi connectivity index (χ0v) is 19.2. The van der Waals surface area contributed by atoms with Gasteiger partial charge in [0.05, 0.1) is 13.2 Å². The number of carbonyl (C=O) groups is 1. The van der Waals surface area contributed by atoms with Crippen LogP contribution in [0.3, 0.4) is 0 Å². The van der Waals surface area contributed by atoms with E-state index in [4.69, 9.17) is 4.74 Å². The Morgan fingerprint density at radius 3 is 2.66 bits per heavy atom. The van der Waals surface area contributed by atoms with Gasteiger partial charge in [-0.05, 0) is 31.2 Å². The van der Waals surface area contributed by atoms with Crippen molar-refractivity contribution in [2.24, 2.45) is 5.41 Å². The lowest BCUT2D eigenvalue weighted by molar-refractivity contribution is 0.0378. The second-order valence-corrected chi connectivity index (χ2v) is 9.93. The van der Waals surface area contributed by atoms with Gasteiger partial charge in [-0.2, -0.15) is 4.52 Å². The van der Waals surface area contributed by atoms with Crippen LogP contribution in [0.2, 0.25) is 0 Å². The highest BCUT2D eigenvalue weighted by molar-refractivity contribution is 5.96. The molecule has 1 saturated carbocycles. The summed E-state index contributed by atoms with van der Waals surface area (Å²) in [6.45, 7) is 11.6. The topological polar surface area (TPSA) is 113 Å². The van der Waals surface area contributed by atoms with Crippen LogP contribution in [0.4, 0.5) is 5.82 Å². The third-order valence-electron chi connectivity index (χ3n) is 5.68. The molecule has 32 heavy (non-hydrogen) atoms. The Labute approximate surface area is 187 Å². The number of nitrogens with one attached hydrogen (secondary N) is 2. The standard InChI is InChI=1S/C22H34N6O4/c1-22(2,3)14-27-17-13-16(23-7-4-8-26-9-11-32-12-10-26)25-28(17)21(31)18(20(27)30)19(29)24-15-5-6-15/h13,15,31H,4-12,14H2,1-3H3,(H,23,25)(H,24,29).